The van der Waals surface area contributed by atoms with Crippen molar-refractivity contribution in [1.82, 2.24) is 20.2 Å². The molecule has 1 aliphatic rings. The highest BCUT2D eigenvalue weighted by molar-refractivity contribution is 7.89. The van der Waals surface area contributed by atoms with E-state index in [9.17, 15) is 8.42 Å². The third-order valence-corrected chi connectivity index (χ3v) is 4.88. The van der Waals surface area contributed by atoms with Gasteiger partial charge >= 0.3 is 0 Å². The molecule has 0 aromatic carbocycles. The molecule has 0 saturated heterocycles. The molecule has 7 nitrogen and oxygen atoms in total. The van der Waals surface area contributed by atoms with E-state index in [1.54, 1.807) is 25.4 Å². The average molecular weight is 310 g/mol. The van der Waals surface area contributed by atoms with Crippen LogP contribution in [0.4, 0.5) is 0 Å². The number of H-pyrrole nitrogens is 1. The summed E-state index contributed by atoms with van der Waals surface area (Å²) in [7, 11) is -3.58. The van der Waals surface area contributed by atoms with Crippen molar-refractivity contribution < 1.29 is 12.8 Å². The van der Waals surface area contributed by atoms with Gasteiger partial charge in [-0.05, 0) is 19.8 Å². The summed E-state index contributed by atoms with van der Waals surface area (Å²) in [6, 6.07) is 2.14. The first-order valence-electron chi connectivity index (χ1n) is 6.84. The van der Waals surface area contributed by atoms with Gasteiger partial charge in [0.1, 0.15) is 16.4 Å². The van der Waals surface area contributed by atoms with Gasteiger partial charge in [0.05, 0.1) is 12.7 Å². The van der Waals surface area contributed by atoms with Gasteiger partial charge in [0.15, 0.2) is 0 Å². The van der Waals surface area contributed by atoms with Crippen molar-refractivity contribution in [2.45, 2.75) is 43.8 Å². The van der Waals surface area contributed by atoms with Crippen molar-refractivity contribution in [2.75, 3.05) is 0 Å². The topological polar surface area (TPSA) is 100 Å². The minimum atomic E-state index is -3.58. The number of aromatic amines is 1. The SMILES string of the molecule is Cc1oc(CNC2CC2)cc1S(=O)(=O)NCc1cn[nH]c1. The molecule has 0 aliphatic heterocycles. The molecule has 2 aromatic heterocycles. The second-order valence-corrected chi connectivity index (χ2v) is 6.95. The highest BCUT2D eigenvalue weighted by atomic mass is 32.2. The van der Waals surface area contributed by atoms with Crippen molar-refractivity contribution in [3.05, 3.63) is 35.5 Å². The van der Waals surface area contributed by atoms with E-state index in [2.05, 4.69) is 20.2 Å². The highest BCUT2D eigenvalue weighted by Gasteiger charge is 2.24. The Bertz CT molecular complexity index is 702. The fourth-order valence-electron chi connectivity index (χ4n) is 2.04. The Hall–Kier alpha value is -1.64. The monoisotopic (exact) mass is 310 g/mol. The summed E-state index contributed by atoms with van der Waals surface area (Å²) in [5.41, 5.74) is 0.773. The number of sulfonamides is 1. The van der Waals surface area contributed by atoms with Crippen molar-refractivity contribution in [3.63, 3.8) is 0 Å². The zero-order chi connectivity index (χ0) is 14.9. The van der Waals surface area contributed by atoms with E-state index in [-0.39, 0.29) is 11.4 Å². The molecule has 0 atom stereocenters. The van der Waals surface area contributed by atoms with E-state index in [1.807, 2.05) is 0 Å². The highest BCUT2D eigenvalue weighted by Crippen LogP contribution is 2.23. The zero-order valence-corrected chi connectivity index (χ0v) is 12.5. The van der Waals surface area contributed by atoms with E-state index in [1.165, 1.54) is 12.8 Å². The maximum Gasteiger partial charge on any atom is 0.244 e. The van der Waals surface area contributed by atoms with Gasteiger partial charge < -0.3 is 9.73 Å². The Balaban J connectivity index is 1.68. The Labute approximate surface area is 123 Å². The number of aryl methyl sites for hydroxylation is 1. The molecule has 0 spiro atoms. The summed E-state index contributed by atoms with van der Waals surface area (Å²) in [6.45, 7) is 2.41. The van der Waals surface area contributed by atoms with Crippen LogP contribution >= 0.6 is 0 Å². The molecule has 1 aliphatic carbocycles. The molecule has 114 valence electrons. The summed E-state index contributed by atoms with van der Waals surface area (Å²) >= 11 is 0. The summed E-state index contributed by atoms with van der Waals surface area (Å²) in [5, 5.41) is 9.72. The van der Waals surface area contributed by atoms with Gasteiger partial charge in [0, 0.05) is 30.4 Å². The van der Waals surface area contributed by atoms with Crippen LogP contribution in [0.2, 0.25) is 0 Å². The molecule has 1 saturated carbocycles. The number of furan rings is 1. The van der Waals surface area contributed by atoms with Crippen LogP contribution < -0.4 is 10.0 Å². The summed E-state index contributed by atoms with van der Waals surface area (Å²) < 4.78 is 32.6. The van der Waals surface area contributed by atoms with E-state index in [0.717, 1.165) is 5.56 Å². The van der Waals surface area contributed by atoms with Gasteiger partial charge in [-0.25, -0.2) is 13.1 Å². The first kappa shape index (κ1) is 14.3. The van der Waals surface area contributed by atoms with Gasteiger partial charge in [-0.15, -0.1) is 0 Å². The lowest BCUT2D eigenvalue weighted by molar-refractivity contribution is 0.456. The number of aromatic nitrogens is 2. The Morgan fingerprint density at radius 2 is 2.24 bits per heavy atom. The molecule has 3 rings (SSSR count). The average Bonchev–Trinajstić information content (AvgIpc) is 2.97. The minimum Gasteiger partial charge on any atom is -0.464 e. The fraction of sp³-hybridized carbons (Fsp3) is 0.462. The third kappa shape index (κ3) is 3.52. The van der Waals surface area contributed by atoms with Crippen LogP contribution in [0.25, 0.3) is 0 Å². The number of hydrogen-bond donors (Lipinski definition) is 3. The second-order valence-electron chi connectivity index (χ2n) is 5.22. The smallest absolute Gasteiger partial charge is 0.244 e. The molecule has 0 amide bonds. The van der Waals surface area contributed by atoms with Gasteiger partial charge in [0.25, 0.3) is 0 Å². The van der Waals surface area contributed by atoms with Gasteiger partial charge in [0.2, 0.25) is 10.0 Å². The molecular formula is C13H18N4O3S. The summed E-state index contributed by atoms with van der Waals surface area (Å²) in [6.07, 6.45) is 5.58. The quantitative estimate of drug-likeness (QED) is 0.709. The Morgan fingerprint density at radius 3 is 2.90 bits per heavy atom. The first-order valence-corrected chi connectivity index (χ1v) is 8.33. The minimum absolute atomic E-state index is 0.193. The maximum atomic E-state index is 12.3. The van der Waals surface area contributed by atoms with Crippen LogP contribution in [0.1, 0.15) is 29.9 Å². The third-order valence-electron chi connectivity index (χ3n) is 3.38. The van der Waals surface area contributed by atoms with Crippen molar-refractivity contribution >= 4 is 10.0 Å². The number of nitrogens with one attached hydrogen (secondary N) is 3. The van der Waals surface area contributed by atoms with Crippen LogP contribution in [0, 0.1) is 6.92 Å². The van der Waals surface area contributed by atoms with Gasteiger partial charge in [-0.2, -0.15) is 5.10 Å². The van der Waals surface area contributed by atoms with Crippen LogP contribution in [-0.2, 0) is 23.1 Å². The number of hydrogen-bond acceptors (Lipinski definition) is 5. The van der Waals surface area contributed by atoms with Crippen molar-refractivity contribution in [3.8, 4) is 0 Å². The van der Waals surface area contributed by atoms with Crippen molar-refractivity contribution in [2.24, 2.45) is 0 Å². The van der Waals surface area contributed by atoms with Gasteiger partial charge in [-0.1, -0.05) is 0 Å². The van der Waals surface area contributed by atoms with E-state index in [0.29, 0.717) is 24.1 Å². The molecule has 3 N–H and O–H groups in total. The molecule has 2 aromatic rings. The molecular weight excluding hydrogens is 292 g/mol. The molecule has 21 heavy (non-hydrogen) atoms. The predicted octanol–water partition coefficient (Wildman–Crippen LogP) is 1.04. The fourth-order valence-corrected chi connectivity index (χ4v) is 3.26. The van der Waals surface area contributed by atoms with Crippen molar-refractivity contribution in [1.29, 1.82) is 0 Å². The lowest BCUT2D eigenvalue weighted by Gasteiger charge is -2.03. The maximum absolute atomic E-state index is 12.3. The number of rotatable bonds is 7. The Kier molecular flexibility index (Phi) is 3.83. The van der Waals surface area contributed by atoms with Crippen LogP contribution in [-0.4, -0.2) is 24.7 Å². The summed E-state index contributed by atoms with van der Waals surface area (Å²) in [5.74, 6) is 1.05. The Morgan fingerprint density at radius 1 is 1.43 bits per heavy atom. The first-order chi connectivity index (χ1) is 10.0. The van der Waals surface area contributed by atoms with Gasteiger partial charge in [-0.3, -0.25) is 5.10 Å². The standard InChI is InChI=1S/C13H18N4O3S/c1-9-13(4-12(20-9)8-14-11-2-3-11)21(18,19)17-7-10-5-15-16-6-10/h4-6,11,14,17H,2-3,7-8H2,1H3,(H,15,16). The van der Waals surface area contributed by atoms with Crippen LogP contribution in [0.3, 0.4) is 0 Å². The van der Waals surface area contributed by atoms with E-state index in [4.69, 9.17) is 4.42 Å². The lowest BCUT2D eigenvalue weighted by Crippen LogP contribution is -2.23. The molecule has 0 radical (unpaired) electrons. The molecule has 0 unspecified atom stereocenters. The van der Waals surface area contributed by atoms with E-state index < -0.39 is 10.0 Å². The number of nitrogens with zero attached hydrogens (tertiary/aromatic N) is 1. The summed E-state index contributed by atoms with van der Waals surface area (Å²) in [4.78, 5) is 0.193. The molecule has 1 fully saturated rings. The molecule has 8 heteroatoms. The predicted molar refractivity (Wildman–Crippen MR) is 75.9 cm³/mol. The molecule has 0 bridgehead atoms. The lowest BCUT2D eigenvalue weighted by atomic mass is 10.4. The van der Waals surface area contributed by atoms with Crippen LogP contribution in [0.5, 0.6) is 0 Å². The largest absolute Gasteiger partial charge is 0.464 e. The molecule has 2 heterocycles. The van der Waals surface area contributed by atoms with Crippen LogP contribution in [0.15, 0.2) is 27.8 Å². The normalized spacial score (nSPS) is 15.5. The second kappa shape index (κ2) is 5.63. The van der Waals surface area contributed by atoms with E-state index >= 15 is 0 Å². The zero-order valence-electron chi connectivity index (χ0n) is 11.7.